The Kier molecular flexibility index (Phi) is 5.86. The van der Waals surface area contributed by atoms with Crippen molar-refractivity contribution in [3.8, 4) is 0 Å². The molecule has 0 N–H and O–H groups in total. The summed E-state index contributed by atoms with van der Waals surface area (Å²) in [6.07, 6.45) is 2.38. The van der Waals surface area contributed by atoms with Crippen molar-refractivity contribution < 1.29 is 14.3 Å². The average Bonchev–Trinajstić information content (AvgIpc) is 3.27. The van der Waals surface area contributed by atoms with Crippen molar-refractivity contribution in [2.24, 2.45) is 0 Å². The van der Waals surface area contributed by atoms with Gasteiger partial charge in [-0.3, -0.25) is 9.78 Å². The zero-order valence-corrected chi connectivity index (χ0v) is 16.5. The van der Waals surface area contributed by atoms with Gasteiger partial charge in [0.25, 0.3) is 0 Å². The lowest BCUT2D eigenvalue weighted by Crippen LogP contribution is -2.15. The maximum Gasteiger partial charge on any atom is 0.340 e. The summed E-state index contributed by atoms with van der Waals surface area (Å²) in [5.41, 5.74) is 3.70. The average molecular weight is 382 g/mol. The molecule has 0 unspecified atom stereocenters. The highest BCUT2D eigenvalue weighted by Crippen LogP contribution is 2.18. The Morgan fingerprint density at radius 1 is 1.19 bits per heavy atom. The Morgan fingerprint density at radius 3 is 2.67 bits per heavy atom. The number of Topliss-reactive ketones (excluding diaryl/α,β-unsaturated/α-hetero) is 1. The van der Waals surface area contributed by atoms with Crippen LogP contribution in [-0.2, 0) is 17.7 Å². The molecule has 3 rings (SSSR count). The number of esters is 1. The maximum absolute atomic E-state index is 12.5. The Labute approximate surface area is 162 Å². The molecule has 0 saturated heterocycles. The molecular weight excluding hydrogens is 360 g/mol. The van der Waals surface area contributed by atoms with E-state index in [2.05, 4.69) is 21.0 Å². The topological polar surface area (TPSA) is 61.2 Å². The number of pyridine rings is 1. The van der Waals surface area contributed by atoms with Crippen LogP contribution < -0.4 is 0 Å². The lowest BCUT2D eigenvalue weighted by atomic mass is 10.1. The molecule has 0 aromatic carbocycles. The number of ketones is 1. The van der Waals surface area contributed by atoms with Gasteiger partial charge in [-0.25, -0.2) is 4.79 Å². The third kappa shape index (κ3) is 4.52. The summed E-state index contributed by atoms with van der Waals surface area (Å²) < 4.78 is 7.31. The summed E-state index contributed by atoms with van der Waals surface area (Å²) in [5.74, 6) is -0.735. The molecule has 0 saturated carbocycles. The van der Waals surface area contributed by atoms with Crippen LogP contribution in [0.15, 0.2) is 41.9 Å². The Morgan fingerprint density at radius 2 is 2.00 bits per heavy atom. The number of rotatable bonds is 7. The van der Waals surface area contributed by atoms with E-state index in [1.807, 2.05) is 32.9 Å². The predicted molar refractivity (Wildman–Crippen MR) is 106 cm³/mol. The number of thiophene rings is 1. The largest absolute Gasteiger partial charge is 0.454 e. The number of aromatic nitrogens is 2. The molecule has 0 aliphatic carbocycles. The number of carbonyl (C=O) groups excluding carboxylic acids is 2. The molecule has 0 fully saturated rings. The van der Waals surface area contributed by atoms with Gasteiger partial charge in [0.05, 0.1) is 5.56 Å². The molecule has 5 nitrogen and oxygen atoms in total. The van der Waals surface area contributed by atoms with Crippen LogP contribution >= 0.6 is 11.3 Å². The second-order valence-electron chi connectivity index (χ2n) is 6.45. The van der Waals surface area contributed by atoms with Gasteiger partial charge >= 0.3 is 5.97 Å². The van der Waals surface area contributed by atoms with E-state index in [4.69, 9.17) is 4.74 Å². The Balaban J connectivity index is 1.63. The fourth-order valence-electron chi connectivity index (χ4n) is 2.99. The van der Waals surface area contributed by atoms with E-state index in [1.165, 1.54) is 11.1 Å². The summed E-state index contributed by atoms with van der Waals surface area (Å²) in [6, 6.07) is 9.41. The smallest absolute Gasteiger partial charge is 0.340 e. The first-order valence-corrected chi connectivity index (χ1v) is 9.65. The molecule has 0 spiro atoms. The van der Waals surface area contributed by atoms with Crippen molar-refractivity contribution in [3.05, 3.63) is 75.0 Å². The Bertz CT molecular complexity index is 941. The summed E-state index contributed by atoms with van der Waals surface area (Å²) in [6.45, 7) is 6.30. The summed E-state index contributed by atoms with van der Waals surface area (Å²) >= 11 is 1.73. The highest BCUT2D eigenvalue weighted by atomic mass is 32.1. The van der Waals surface area contributed by atoms with Gasteiger partial charge in [-0.05, 0) is 56.8 Å². The van der Waals surface area contributed by atoms with Gasteiger partial charge in [-0.1, -0.05) is 6.07 Å². The number of hydrogen-bond acceptors (Lipinski definition) is 5. The van der Waals surface area contributed by atoms with Crippen LogP contribution in [-0.4, -0.2) is 27.9 Å². The van der Waals surface area contributed by atoms with Gasteiger partial charge in [0.15, 0.2) is 6.61 Å². The number of nitrogens with zero attached hydrogens (tertiary/aromatic N) is 2. The van der Waals surface area contributed by atoms with Gasteiger partial charge < -0.3 is 9.30 Å². The van der Waals surface area contributed by atoms with Crippen LogP contribution in [0.3, 0.4) is 0 Å². The van der Waals surface area contributed by atoms with Gasteiger partial charge in [0.1, 0.15) is 0 Å². The molecule has 0 radical (unpaired) electrons. The third-order valence-electron chi connectivity index (χ3n) is 4.52. The first-order chi connectivity index (χ1) is 13.0. The lowest BCUT2D eigenvalue weighted by Gasteiger charge is -2.09. The minimum Gasteiger partial charge on any atom is -0.454 e. The first-order valence-electron chi connectivity index (χ1n) is 8.78. The molecule has 27 heavy (non-hydrogen) atoms. The van der Waals surface area contributed by atoms with Crippen molar-refractivity contribution in [2.45, 2.75) is 33.7 Å². The Hall–Kier alpha value is -2.73. The zero-order chi connectivity index (χ0) is 19.4. The molecular formula is C21H22N2O3S. The first kappa shape index (κ1) is 19.0. The van der Waals surface area contributed by atoms with Gasteiger partial charge in [0, 0.05) is 40.3 Å². The highest BCUT2D eigenvalue weighted by Gasteiger charge is 2.18. The standard InChI is InChI=1S/C21H22N2O3S/c1-14-6-7-17(12-22-14)21(25)26-13-20(24)19-11-15(2)23(16(19)3)9-8-18-5-4-10-27-18/h4-7,10-12H,8-9,13H2,1-3H3. The van der Waals surface area contributed by atoms with Crippen molar-refractivity contribution in [2.75, 3.05) is 6.61 Å². The van der Waals surface area contributed by atoms with E-state index in [9.17, 15) is 9.59 Å². The van der Waals surface area contributed by atoms with E-state index in [1.54, 1.807) is 23.5 Å². The van der Waals surface area contributed by atoms with E-state index in [0.717, 1.165) is 30.0 Å². The van der Waals surface area contributed by atoms with E-state index in [-0.39, 0.29) is 12.4 Å². The highest BCUT2D eigenvalue weighted by molar-refractivity contribution is 7.09. The molecule has 0 bridgehead atoms. The second-order valence-corrected chi connectivity index (χ2v) is 7.49. The van der Waals surface area contributed by atoms with Gasteiger partial charge in [-0.15, -0.1) is 11.3 Å². The number of hydrogen-bond donors (Lipinski definition) is 0. The third-order valence-corrected chi connectivity index (χ3v) is 5.45. The number of ether oxygens (including phenoxy) is 1. The van der Waals surface area contributed by atoms with Crippen molar-refractivity contribution in [3.63, 3.8) is 0 Å². The number of carbonyl (C=O) groups is 2. The van der Waals surface area contributed by atoms with E-state index >= 15 is 0 Å². The molecule has 0 amide bonds. The van der Waals surface area contributed by atoms with Crippen molar-refractivity contribution >= 4 is 23.1 Å². The van der Waals surface area contributed by atoms with Crippen molar-refractivity contribution in [1.82, 2.24) is 9.55 Å². The minimum atomic E-state index is -0.539. The molecule has 0 aliphatic rings. The SMILES string of the molecule is Cc1ccc(C(=O)OCC(=O)c2cc(C)n(CCc3cccs3)c2C)cn1. The molecule has 6 heteroatoms. The van der Waals surface area contributed by atoms with Crippen LogP contribution in [0, 0.1) is 20.8 Å². The summed E-state index contributed by atoms with van der Waals surface area (Å²) in [7, 11) is 0. The second kappa shape index (κ2) is 8.31. The molecule has 3 aromatic rings. The van der Waals surface area contributed by atoms with Crippen LogP contribution in [0.1, 0.15) is 42.7 Å². The summed E-state index contributed by atoms with van der Waals surface area (Å²) in [4.78, 5) is 30.0. The normalized spacial score (nSPS) is 10.8. The molecule has 3 heterocycles. The van der Waals surface area contributed by atoms with Crippen LogP contribution in [0.4, 0.5) is 0 Å². The molecule has 140 valence electrons. The van der Waals surface area contributed by atoms with Crippen LogP contribution in [0.5, 0.6) is 0 Å². The maximum atomic E-state index is 12.5. The fourth-order valence-corrected chi connectivity index (χ4v) is 3.68. The predicted octanol–water partition coefficient (Wildman–Crippen LogP) is 4.15. The van der Waals surface area contributed by atoms with E-state index in [0.29, 0.717) is 11.1 Å². The van der Waals surface area contributed by atoms with Gasteiger partial charge in [0.2, 0.25) is 5.78 Å². The lowest BCUT2D eigenvalue weighted by molar-refractivity contribution is 0.0474. The van der Waals surface area contributed by atoms with Crippen LogP contribution in [0.25, 0.3) is 0 Å². The quantitative estimate of drug-likeness (QED) is 0.455. The molecule has 3 aromatic heterocycles. The van der Waals surface area contributed by atoms with Crippen LogP contribution in [0.2, 0.25) is 0 Å². The van der Waals surface area contributed by atoms with Crippen molar-refractivity contribution in [1.29, 1.82) is 0 Å². The van der Waals surface area contributed by atoms with E-state index < -0.39 is 5.97 Å². The minimum absolute atomic E-state index is 0.195. The zero-order valence-electron chi connectivity index (χ0n) is 15.7. The monoisotopic (exact) mass is 382 g/mol. The molecule has 0 aliphatic heterocycles. The van der Waals surface area contributed by atoms with Gasteiger partial charge in [-0.2, -0.15) is 0 Å². The fraction of sp³-hybridized carbons (Fsp3) is 0.286. The number of aryl methyl sites for hydroxylation is 3. The molecule has 0 atom stereocenters. The summed E-state index contributed by atoms with van der Waals surface area (Å²) in [5, 5.41) is 2.07.